The van der Waals surface area contributed by atoms with Crippen molar-refractivity contribution in [2.45, 2.75) is 39.5 Å². The minimum atomic E-state index is 0.697. The van der Waals surface area contributed by atoms with Gasteiger partial charge in [0.1, 0.15) is 0 Å². The molecule has 1 heteroatoms. The summed E-state index contributed by atoms with van der Waals surface area (Å²) in [4.78, 5) is 0. The maximum absolute atomic E-state index is 5.55. The smallest absolute Gasteiger partial charge is 0.0223 e. The Morgan fingerprint density at radius 3 is 2.45 bits per heavy atom. The fourth-order valence-electron chi connectivity index (χ4n) is 0.902. The topological polar surface area (TPSA) is 0 Å². The Balaban J connectivity index is 3.01. The Morgan fingerprint density at radius 1 is 1.18 bits per heavy atom. The van der Waals surface area contributed by atoms with Crippen molar-refractivity contribution in [3.8, 4) is 0 Å². The molecule has 0 bridgehead atoms. The first-order valence-corrected chi connectivity index (χ1v) is 5.03. The van der Waals surface area contributed by atoms with Gasteiger partial charge in [-0.2, -0.15) is 0 Å². The van der Waals surface area contributed by atoms with Crippen molar-refractivity contribution in [1.29, 1.82) is 0 Å². The number of rotatable bonds is 6. The van der Waals surface area contributed by atoms with E-state index < -0.39 is 0 Å². The van der Waals surface area contributed by atoms with E-state index in [1.54, 1.807) is 0 Å². The van der Waals surface area contributed by atoms with E-state index >= 15 is 0 Å². The average Bonchev–Trinajstić information content (AvgIpc) is 1.96. The number of hydrogen-bond acceptors (Lipinski definition) is 0. The number of halogens is 1. The molecule has 0 aromatic carbocycles. The van der Waals surface area contributed by atoms with Gasteiger partial charge in [-0.15, -0.1) is 11.6 Å². The van der Waals surface area contributed by atoms with E-state index in [0.29, 0.717) is 5.92 Å². The van der Waals surface area contributed by atoms with Crippen LogP contribution in [0.3, 0.4) is 0 Å². The van der Waals surface area contributed by atoms with Gasteiger partial charge in [-0.05, 0) is 25.2 Å². The molecule has 66 valence electrons. The van der Waals surface area contributed by atoms with Crippen LogP contribution in [0.25, 0.3) is 0 Å². The summed E-state index contributed by atoms with van der Waals surface area (Å²) in [5.41, 5.74) is 0. The van der Waals surface area contributed by atoms with Crippen LogP contribution in [-0.2, 0) is 0 Å². The summed E-state index contributed by atoms with van der Waals surface area (Å²) in [5.74, 6) is 1.51. The third-order valence-electron chi connectivity index (χ3n) is 1.53. The van der Waals surface area contributed by atoms with Crippen LogP contribution in [0.5, 0.6) is 0 Å². The van der Waals surface area contributed by atoms with Crippen LogP contribution in [0, 0.1) is 5.92 Å². The monoisotopic (exact) mass is 174 g/mol. The number of alkyl halides is 1. The van der Waals surface area contributed by atoms with Crippen LogP contribution < -0.4 is 0 Å². The van der Waals surface area contributed by atoms with Crippen LogP contribution in [0.2, 0.25) is 0 Å². The van der Waals surface area contributed by atoms with Gasteiger partial charge in [-0.1, -0.05) is 32.4 Å². The summed E-state index contributed by atoms with van der Waals surface area (Å²) in [7, 11) is 0. The first kappa shape index (κ1) is 11.0. The first-order valence-electron chi connectivity index (χ1n) is 4.50. The normalized spacial score (nSPS) is 11.6. The van der Waals surface area contributed by atoms with Crippen LogP contribution >= 0.6 is 11.6 Å². The number of unbranched alkanes of at least 4 members (excludes halogenated alkanes) is 3. The Morgan fingerprint density at radius 2 is 1.91 bits per heavy atom. The summed E-state index contributed by atoms with van der Waals surface area (Å²) < 4.78 is 0. The van der Waals surface area contributed by atoms with Gasteiger partial charge < -0.3 is 0 Å². The predicted octanol–water partition coefficient (Wildman–Crippen LogP) is 4.00. The summed E-state index contributed by atoms with van der Waals surface area (Å²) in [6, 6.07) is 0. The summed E-state index contributed by atoms with van der Waals surface area (Å²) in [5, 5.41) is 0. The van der Waals surface area contributed by atoms with Crippen molar-refractivity contribution in [3.05, 3.63) is 12.2 Å². The lowest BCUT2D eigenvalue weighted by Gasteiger charge is -1.95. The molecule has 0 rings (SSSR count). The quantitative estimate of drug-likeness (QED) is 0.325. The first-order chi connectivity index (χ1) is 5.27. The minimum Gasteiger partial charge on any atom is -0.127 e. The summed E-state index contributed by atoms with van der Waals surface area (Å²) in [6.07, 6.45) is 9.48. The highest BCUT2D eigenvalue weighted by Gasteiger charge is 1.86. The van der Waals surface area contributed by atoms with Crippen LogP contribution in [0.1, 0.15) is 39.5 Å². The van der Waals surface area contributed by atoms with Crippen LogP contribution in [-0.4, -0.2) is 5.88 Å². The van der Waals surface area contributed by atoms with Gasteiger partial charge in [-0.25, -0.2) is 0 Å². The molecule has 0 aliphatic carbocycles. The second-order valence-electron chi connectivity index (χ2n) is 3.21. The van der Waals surface area contributed by atoms with Gasteiger partial charge >= 0.3 is 0 Å². The van der Waals surface area contributed by atoms with Crippen molar-refractivity contribution in [3.63, 3.8) is 0 Å². The molecule has 0 amide bonds. The van der Waals surface area contributed by atoms with E-state index in [4.69, 9.17) is 11.6 Å². The highest BCUT2D eigenvalue weighted by Crippen LogP contribution is 2.03. The molecule has 0 aromatic heterocycles. The molecular weight excluding hydrogens is 156 g/mol. The largest absolute Gasteiger partial charge is 0.127 e. The lowest BCUT2D eigenvalue weighted by atomic mass is 10.1. The Labute approximate surface area is 75.6 Å². The van der Waals surface area contributed by atoms with E-state index in [9.17, 15) is 0 Å². The fraction of sp³-hybridized carbons (Fsp3) is 0.800. The zero-order chi connectivity index (χ0) is 8.53. The predicted molar refractivity (Wildman–Crippen MR) is 53.2 cm³/mol. The lowest BCUT2D eigenvalue weighted by Crippen LogP contribution is -1.79. The van der Waals surface area contributed by atoms with Gasteiger partial charge in [-0.3, -0.25) is 0 Å². The molecular formula is C10H19Cl. The molecule has 11 heavy (non-hydrogen) atoms. The van der Waals surface area contributed by atoms with E-state index in [0.717, 1.165) is 12.3 Å². The third-order valence-corrected chi connectivity index (χ3v) is 1.79. The molecule has 0 nitrogen and oxygen atoms in total. The van der Waals surface area contributed by atoms with Gasteiger partial charge in [0.15, 0.2) is 0 Å². The Bertz CT molecular complexity index is 95.0. The van der Waals surface area contributed by atoms with Crippen LogP contribution in [0.15, 0.2) is 12.2 Å². The second-order valence-corrected chi connectivity index (χ2v) is 3.59. The molecule has 0 unspecified atom stereocenters. The molecule has 0 aliphatic heterocycles. The SMILES string of the molecule is CC(C)/C=C\CCCCCCl. The average molecular weight is 175 g/mol. The zero-order valence-electron chi connectivity index (χ0n) is 7.65. The van der Waals surface area contributed by atoms with Crippen molar-refractivity contribution in [1.82, 2.24) is 0 Å². The molecule has 0 saturated heterocycles. The van der Waals surface area contributed by atoms with Crippen molar-refractivity contribution in [2.24, 2.45) is 5.92 Å². The number of hydrogen-bond donors (Lipinski definition) is 0. The second kappa shape index (κ2) is 8.13. The molecule has 0 N–H and O–H groups in total. The lowest BCUT2D eigenvalue weighted by molar-refractivity contribution is 0.726. The standard InChI is InChI=1S/C10H19Cl/c1-10(2)8-6-4-3-5-7-9-11/h6,8,10H,3-5,7,9H2,1-2H3/b8-6-. The summed E-state index contributed by atoms with van der Waals surface area (Å²) >= 11 is 5.55. The summed E-state index contributed by atoms with van der Waals surface area (Å²) in [6.45, 7) is 4.41. The molecule has 0 heterocycles. The molecule has 0 aromatic rings. The molecule has 0 aliphatic rings. The number of allylic oxidation sites excluding steroid dienone is 2. The van der Waals surface area contributed by atoms with Gasteiger partial charge in [0.05, 0.1) is 0 Å². The molecule has 0 fully saturated rings. The van der Waals surface area contributed by atoms with E-state index in [1.165, 1.54) is 19.3 Å². The van der Waals surface area contributed by atoms with Crippen molar-refractivity contribution in [2.75, 3.05) is 5.88 Å². The van der Waals surface area contributed by atoms with E-state index in [-0.39, 0.29) is 0 Å². The van der Waals surface area contributed by atoms with E-state index in [1.807, 2.05) is 0 Å². The van der Waals surface area contributed by atoms with Gasteiger partial charge in [0.2, 0.25) is 0 Å². The van der Waals surface area contributed by atoms with E-state index in [2.05, 4.69) is 26.0 Å². The molecule has 0 saturated carbocycles. The molecule has 0 radical (unpaired) electrons. The third kappa shape index (κ3) is 10.0. The van der Waals surface area contributed by atoms with Crippen molar-refractivity contribution < 1.29 is 0 Å². The molecule has 0 spiro atoms. The van der Waals surface area contributed by atoms with Crippen LogP contribution in [0.4, 0.5) is 0 Å². The fourth-order valence-corrected chi connectivity index (χ4v) is 1.09. The van der Waals surface area contributed by atoms with Crippen molar-refractivity contribution >= 4 is 11.6 Å². The Kier molecular flexibility index (Phi) is 8.15. The maximum atomic E-state index is 5.55. The zero-order valence-corrected chi connectivity index (χ0v) is 8.40. The minimum absolute atomic E-state index is 0.697. The highest BCUT2D eigenvalue weighted by atomic mass is 35.5. The maximum Gasteiger partial charge on any atom is 0.0223 e. The van der Waals surface area contributed by atoms with Gasteiger partial charge in [0.25, 0.3) is 0 Å². The molecule has 0 atom stereocenters. The highest BCUT2D eigenvalue weighted by molar-refractivity contribution is 6.17. The Hall–Kier alpha value is 0.0300. The van der Waals surface area contributed by atoms with Gasteiger partial charge in [0, 0.05) is 5.88 Å².